The fourth-order valence-corrected chi connectivity index (χ4v) is 2.19. The van der Waals surface area contributed by atoms with Crippen molar-refractivity contribution in [2.24, 2.45) is 0 Å². The topological polar surface area (TPSA) is 64.8 Å². The summed E-state index contributed by atoms with van der Waals surface area (Å²) in [7, 11) is 0. The maximum Gasteiger partial charge on any atom is 0.415 e. The molecule has 110 valence electrons. The number of rotatable bonds is 2. The van der Waals surface area contributed by atoms with E-state index in [0.29, 0.717) is 24.6 Å². The van der Waals surface area contributed by atoms with E-state index in [1.54, 1.807) is 11.0 Å². The highest BCUT2D eigenvalue weighted by Gasteiger charge is 2.33. The molecule has 2 N–H and O–H groups in total. The second kappa shape index (κ2) is 5.71. The summed E-state index contributed by atoms with van der Waals surface area (Å²) in [4.78, 5) is 14.1. The Bertz CT molecular complexity index is 476. The van der Waals surface area contributed by atoms with Gasteiger partial charge < -0.3 is 15.2 Å². The van der Waals surface area contributed by atoms with Crippen LogP contribution in [0.1, 0.15) is 27.2 Å². The van der Waals surface area contributed by atoms with Crippen LogP contribution in [0.2, 0.25) is 0 Å². The van der Waals surface area contributed by atoms with Gasteiger partial charge in [0, 0.05) is 6.61 Å². The number of nitrogens with zero attached hydrogens (tertiary/aromatic N) is 1. The lowest BCUT2D eigenvalue weighted by Gasteiger charge is -2.31. The number of nitrogens with two attached hydrogens (primary N) is 1. The molecule has 1 unspecified atom stereocenters. The van der Waals surface area contributed by atoms with Gasteiger partial charge >= 0.3 is 6.09 Å². The van der Waals surface area contributed by atoms with E-state index >= 15 is 0 Å². The number of anilines is 2. The van der Waals surface area contributed by atoms with Crippen LogP contribution in [0.5, 0.6) is 0 Å². The lowest BCUT2D eigenvalue weighted by atomic mass is 10.1. The van der Waals surface area contributed by atoms with Gasteiger partial charge in [-0.15, -0.1) is 0 Å². The molecule has 0 saturated carbocycles. The molecule has 5 nitrogen and oxygen atoms in total. The minimum atomic E-state index is -0.543. The van der Waals surface area contributed by atoms with E-state index in [1.165, 1.54) is 0 Å². The Balaban J connectivity index is 2.30. The number of benzene rings is 1. The summed E-state index contributed by atoms with van der Waals surface area (Å²) >= 11 is 0. The first-order chi connectivity index (χ1) is 9.38. The number of nitrogen functional groups attached to an aromatic ring is 1. The summed E-state index contributed by atoms with van der Waals surface area (Å²) < 4.78 is 10.9. The van der Waals surface area contributed by atoms with Gasteiger partial charge in [-0.2, -0.15) is 0 Å². The number of para-hydroxylation sites is 2. The Morgan fingerprint density at radius 1 is 1.40 bits per heavy atom. The van der Waals surface area contributed by atoms with Gasteiger partial charge in [0.05, 0.1) is 24.0 Å². The fraction of sp³-hybridized carbons (Fsp3) is 0.533. The first-order valence-electron chi connectivity index (χ1n) is 6.83. The summed E-state index contributed by atoms with van der Waals surface area (Å²) in [6.07, 6.45) is 0.402. The molecule has 20 heavy (non-hydrogen) atoms. The third-order valence-electron chi connectivity index (χ3n) is 3.06. The van der Waals surface area contributed by atoms with Crippen LogP contribution in [-0.4, -0.2) is 30.9 Å². The fourth-order valence-electron chi connectivity index (χ4n) is 2.19. The Labute approximate surface area is 119 Å². The first-order valence-corrected chi connectivity index (χ1v) is 6.83. The van der Waals surface area contributed by atoms with E-state index in [2.05, 4.69) is 0 Å². The minimum absolute atomic E-state index is 0.0328. The van der Waals surface area contributed by atoms with Crippen molar-refractivity contribution in [3.63, 3.8) is 0 Å². The van der Waals surface area contributed by atoms with Crippen molar-refractivity contribution in [1.29, 1.82) is 0 Å². The number of hydrogen-bond acceptors (Lipinski definition) is 4. The summed E-state index contributed by atoms with van der Waals surface area (Å²) in [5, 5.41) is 0. The molecule has 0 spiro atoms. The van der Waals surface area contributed by atoms with E-state index in [9.17, 15) is 4.79 Å². The second-order valence-corrected chi connectivity index (χ2v) is 5.93. The van der Waals surface area contributed by atoms with E-state index in [1.807, 2.05) is 39.0 Å². The molecule has 5 heteroatoms. The first kappa shape index (κ1) is 14.7. The van der Waals surface area contributed by atoms with Crippen molar-refractivity contribution in [2.75, 3.05) is 23.8 Å². The van der Waals surface area contributed by atoms with E-state index in [-0.39, 0.29) is 12.1 Å². The SMILES string of the molecule is CC(C)(C)OC(=O)N(c1ccccc1N)C1CCOC1. The maximum atomic E-state index is 12.5. The Kier molecular flexibility index (Phi) is 4.18. The molecule has 1 atom stereocenters. The van der Waals surface area contributed by atoms with Crippen LogP contribution in [0.3, 0.4) is 0 Å². The van der Waals surface area contributed by atoms with Crippen molar-refractivity contribution in [1.82, 2.24) is 0 Å². The van der Waals surface area contributed by atoms with Gasteiger partial charge in [-0.1, -0.05) is 12.1 Å². The highest BCUT2D eigenvalue weighted by molar-refractivity contribution is 5.92. The van der Waals surface area contributed by atoms with Crippen LogP contribution >= 0.6 is 0 Å². The number of ether oxygens (including phenoxy) is 2. The van der Waals surface area contributed by atoms with Crippen LogP contribution in [0.4, 0.5) is 16.2 Å². The third kappa shape index (κ3) is 3.42. The predicted octanol–water partition coefficient (Wildman–Crippen LogP) is 2.80. The Hall–Kier alpha value is -1.75. The van der Waals surface area contributed by atoms with Crippen molar-refractivity contribution >= 4 is 17.5 Å². The Morgan fingerprint density at radius 3 is 2.65 bits per heavy atom. The molecule has 1 aromatic carbocycles. The van der Waals surface area contributed by atoms with Gasteiger partial charge in [0.25, 0.3) is 0 Å². The predicted molar refractivity (Wildman–Crippen MR) is 78.8 cm³/mol. The molecule has 1 aliphatic rings. The quantitative estimate of drug-likeness (QED) is 0.845. The van der Waals surface area contributed by atoms with Gasteiger partial charge in [0.2, 0.25) is 0 Å². The molecule has 1 aromatic rings. The molecule has 0 radical (unpaired) electrons. The highest BCUT2D eigenvalue weighted by atomic mass is 16.6. The average Bonchev–Trinajstić information content (AvgIpc) is 2.83. The number of carbonyl (C=O) groups excluding carboxylic acids is 1. The monoisotopic (exact) mass is 278 g/mol. The largest absolute Gasteiger partial charge is 0.443 e. The summed E-state index contributed by atoms with van der Waals surface area (Å²) in [5.41, 5.74) is 6.70. The maximum absolute atomic E-state index is 12.5. The zero-order valence-corrected chi connectivity index (χ0v) is 12.3. The van der Waals surface area contributed by atoms with Gasteiger partial charge in [0.15, 0.2) is 0 Å². The molecule has 1 heterocycles. The summed E-state index contributed by atoms with van der Waals surface area (Å²) in [6, 6.07) is 7.28. The van der Waals surface area contributed by atoms with Gasteiger partial charge in [-0.3, -0.25) is 4.90 Å². The smallest absolute Gasteiger partial charge is 0.415 e. The molecule has 2 rings (SSSR count). The van der Waals surface area contributed by atoms with Gasteiger partial charge in [-0.25, -0.2) is 4.79 Å². The van der Waals surface area contributed by atoms with Crippen LogP contribution < -0.4 is 10.6 Å². The van der Waals surface area contributed by atoms with Crippen LogP contribution in [0, 0.1) is 0 Å². The zero-order chi connectivity index (χ0) is 14.8. The third-order valence-corrected chi connectivity index (χ3v) is 3.06. The summed E-state index contributed by atoms with van der Waals surface area (Å²) in [5.74, 6) is 0. The average molecular weight is 278 g/mol. The summed E-state index contributed by atoms with van der Waals surface area (Å²) in [6.45, 7) is 6.71. The van der Waals surface area contributed by atoms with E-state index in [0.717, 1.165) is 6.42 Å². The highest BCUT2D eigenvalue weighted by Crippen LogP contribution is 2.29. The standard InChI is InChI=1S/C15H22N2O3/c1-15(2,3)20-14(18)17(11-8-9-19-10-11)13-7-5-4-6-12(13)16/h4-7,11H,8-10,16H2,1-3H3. The minimum Gasteiger partial charge on any atom is -0.443 e. The van der Waals surface area contributed by atoms with Crippen molar-refractivity contribution in [3.05, 3.63) is 24.3 Å². The number of carbonyl (C=O) groups is 1. The van der Waals surface area contributed by atoms with Crippen molar-refractivity contribution < 1.29 is 14.3 Å². The molecule has 1 amide bonds. The molecular formula is C15H22N2O3. The van der Waals surface area contributed by atoms with Crippen LogP contribution in [-0.2, 0) is 9.47 Å². The van der Waals surface area contributed by atoms with E-state index in [4.69, 9.17) is 15.2 Å². The molecule has 0 aliphatic carbocycles. The number of amides is 1. The number of hydrogen-bond donors (Lipinski definition) is 1. The lowest BCUT2D eigenvalue weighted by molar-refractivity contribution is 0.0561. The van der Waals surface area contributed by atoms with Crippen LogP contribution in [0.25, 0.3) is 0 Å². The zero-order valence-electron chi connectivity index (χ0n) is 12.3. The Morgan fingerprint density at radius 2 is 2.10 bits per heavy atom. The van der Waals surface area contributed by atoms with Crippen molar-refractivity contribution in [3.8, 4) is 0 Å². The van der Waals surface area contributed by atoms with E-state index < -0.39 is 5.60 Å². The van der Waals surface area contributed by atoms with Crippen molar-refractivity contribution in [2.45, 2.75) is 38.8 Å². The molecule has 0 bridgehead atoms. The molecule has 1 fully saturated rings. The lowest BCUT2D eigenvalue weighted by Crippen LogP contribution is -2.44. The van der Waals surface area contributed by atoms with Crippen LogP contribution in [0.15, 0.2) is 24.3 Å². The van der Waals surface area contributed by atoms with Gasteiger partial charge in [0.1, 0.15) is 5.60 Å². The molecule has 1 aliphatic heterocycles. The van der Waals surface area contributed by atoms with Gasteiger partial charge in [-0.05, 0) is 39.3 Å². The molecular weight excluding hydrogens is 256 g/mol. The molecule has 1 saturated heterocycles. The normalized spacial score (nSPS) is 18.9. The second-order valence-electron chi connectivity index (χ2n) is 5.93. The molecule has 0 aromatic heterocycles.